The van der Waals surface area contributed by atoms with E-state index in [0.29, 0.717) is 19.4 Å². The van der Waals surface area contributed by atoms with Crippen LogP contribution in [0.5, 0.6) is 0 Å². The summed E-state index contributed by atoms with van der Waals surface area (Å²) in [5, 5.41) is 7.55. The fraction of sp³-hybridized carbons (Fsp3) is 0.577. The van der Waals surface area contributed by atoms with E-state index >= 15 is 0 Å². The van der Waals surface area contributed by atoms with Crippen molar-refractivity contribution in [1.29, 1.82) is 0 Å². The highest BCUT2D eigenvalue weighted by Crippen LogP contribution is 2.36. The summed E-state index contributed by atoms with van der Waals surface area (Å²) in [7, 11) is 1.33. The van der Waals surface area contributed by atoms with Crippen LogP contribution in [-0.2, 0) is 20.7 Å². The molecule has 9 heteroatoms. The number of rotatable bonds is 9. The smallest absolute Gasteiger partial charge is 0.406 e. The van der Waals surface area contributed by atoms with E-state index in [0.717, 1.165) is 49.2 Å². The predicted octanol–water partition coefficient (Wildman–Crippen LogP) is 4.31. The van der Waals surface area contributed by atoms with Gasteiger partial charge >= 0.3 is 6.09 Å². The zero-order chi connectivity index (χ0) is 24.9. The highest BCUT2D eigenvalue weighted by Gasteiger charge is 2.41. The number of ether oxygens (including phenoxy) is 2. The molecule has 2 aliphatic rings. The van der Waals surface area contributed by atoms with Crippen molar-refractivity contribution >= 4 is 12.0 Å². The molecule has 2 aromatic rings. The average molecular weight is 487 g/mol. The van der Waals surface area contributed by atoms with Gasteiger partial charge in [-0.15, -0.1) is 0 Å². The van der Waals surface area contributed by atoms with Crippen molar-refractivity contribution in [3.8, 4) is 5.69 Å². The third kappa shape index (κ3) is 6.20. The van der Waals surface area contributed by atoms with Gasteiger partial charge in [-0.2, -0.15) is 5.10 Å². The molecule has 0 unspecified atom stereocenters. The number of benzene rings is 1. The quantitative estimate of drug-likeness (QED) is 0.534. The molecular weight excluding hydrogens is 451 g/mol. The normalized spacial score (nSPS) is 20.8. The predicted molar refractivity (Wildman–Crippen MR) is 129 cm³/mol. The largest absolute Gasteiger partial charge is 0.453 e. The van der Waals surface area contributed by atoms with Gasteiger partial charge in [0.1, 0.15) is 11.9 Å². The fourth-order valence-electron chi connectivity index (χ4n) is 4.70. The molecule has 0 bridgehead atoms. The number of hydrogen-bond donors (Lipinski definition) is 1. The first-order valence-corrected chi connectivity index (χ1v) is 12.5. The number of aromatic nitrogens is 2. The minimum atomic E-state index is -0.468. The molecule has 2 heterocycles. The molecule has 8 nitrogen and oxygen atoms in total. The Morgan fingerprint density at radius 2 is 2.00 bits per heavy atom. The molecule has 1 aromatic heterocycles. The number of carbonyl (C=O) groups is 2. The summed E-state index contributed by atoms with van der Waals surface area (Å²) in [6.45, 7) is 4.49. The van der Waals surface area contributed by atoms with E-state index in [1.54, 1.807) is 16.8 Å². The summed E-state index contributed by atoms with van der Waals surface area (Å²) in [5.41, 5.74) is 2.46. The van der Waals surface area contributed by atoms with Crippen LogP contribution in [-0.4, -0.2) is 58.6 Å². The van der Waals surface area contributed by atoms with Crippen molar-refractivity contribution in [3.63, 3.8) is 0 Å². The number of nitrogens with zero attached hydrogens (tertiary/aromatic N) is 3. The van der Waals surface area contributed by atoms with Gasteiger partial charge in [-0.3, -0.25) is 4.79 Å². The topological polar surface area (TPSA) is 85.7 Å². The number of hydrogen-bond acceptors (Lipinski definition) is 5. The van der Waals surface area contributed by atoms with Crippen LogP contribution in [0.25, 0.3) is 5.69 Å². The van der Waals surface area contributed by atoms with Crippen LogP contribution in [0.3, 0.4) is 0 Å². The standard InChI is InChI=1S/C26H35FN4O4/c1-17-6-4-8-24(35-17)25(32)30(20-13-14-20)18(2)23-16-22(7-5-15-28-26(33)34-3)31(29-23)21-11-9-19(27)10-12-21/h9-12,16-18,20,24H,4-8,13-15H2,1-3H3,(H,28,33)/t17-,18-,24-/m1/s1. The van der Waals surface area contributed by atoms with Crippen molar-refractivity contribution < 1.29 is 23.5 Å². The molecule has 0 spiro atoms. The molecule has 1 aliphatic carbocycles. The van der Waals surface area contributed by atoms with Crippen molar-refractivity contribution in [1.82, 2.24) is 20.0 Å². The lowest BCUT2D eigenvalue weighted by molar-refractivity contribution is -0.154. The Balaban J connectivity index is 1.56. The number of alkyl carbamates (subject to hydrolysis) is 1. The van der Waals surface area contributed by atoms with E-state index < -0.39 is 12.2 Å². The second-order valence-electron chi connectivity index (χ2n) is 9.49. The Morgan fingerprint density at radius 1 is 1.26 bits per heavy atom. The molecule has 0 radical (unpaired) electrons. The second kappa shape index (κ2) is 11.2. The molecule has 4 rings (SSSR count). The number of methoxy groups -OCH3 is 1. The van der Waals surface area contributed by atoms with Gasteiger partial charge in [0.15, 0.2) is 0 Å². The lowest BCUT2D eigenvalue weighted by atomic mass is 10.0. The van der Waals surface area contributed by atoms with Crippen molar-refractivity contribution in [2.24, 2.45) is 0 Å². The fourth-order valence-corrected chi connectivity index (χ4v) is 4.70. The van der Waals surface area contributed by atoms with E-state index in [9.17, 15) is 14.0 Å². The number of nitrogens with one attached hydrogen (secondary N) is 1. The zero-order valence-corrected chi connectivity index (χ0v) is 20.7. The highest BCUT2D eigenvalue weighted by molar-refractivity contribution is 5.82. The number of carbonyl (C=O) groups excluding carboxylic acids is 2. The van der Waals surface area contributed by atoms with E-state index in [1.165, 1.54) is 19.2 Å². The van der Waals surface area contributed by atoms with Crippen LogP contribution in [0.1, 0.15) is 69.8 Å². The van der Waals surface area contributed by atoms with Crippen LogP contribution in [0.15, 0.2) is 30.3 Å². The molecular formula is C26H35FN4O4. The maximum atomic E-state index is 13.6. The third-order valence-electron chi connectivity index (χ3n) is 6.73. The second-order valence-corrected chi connectivity index (χ2v) is 9.49. The molecule has 1 saturated heterocycles. The van der Waals surface area contributed by atoms with Crippen molar-refractivity contribution in [2.45, 2.75) is 83.1 Å². The van der Waals surface area contributed by atoms with Crippen molar-refractivity contribution in [2.75, 3.05) is 13.7 Å². The molecule has 1 N–H and O–H groups in total. The maximum Gasteiger partial charge on any atom is 0.406 e. The SMILES string of the molecule is COC(=O)NCCCc1cc([C@@H](C)N(C(=O)[C@H]2CCC[C@@H](C)O2)C2CC2)nn1-c1ccc(F)cc1. The minimum absolute atomic E-state index is 0.0479. The molecule has 35 heavy (non-hydrogen) atoms. The maximum absolute atomic E-state index is 13.6. The minimum Gasteiger partial charge on any atom is -0.453 e. The first-order chi connectivity index (χ1) is 16.9. The van der Waals surface area contributed by atoms with Gasteiger partial charge in [0, 0.05) is 18.3 Å². The Hall–Kier alpha value is -2.94. The number of amides is 2. The van der Waals surface area contributed by atoms with E-state index in [2.05, 4.69) is 10.1 Å². The summed E-state index contributed by atoms with van der Waals surface area (Å²) >= 11 is 0. The average Bonchev–Trinajstić information content (AvgIpc) is 3.60. The summed E-state index contributed by atoms with van der Waals surface area (Å²) in [6, 6.07) is 8.20. The molecule has 2 fully saturated rings. The summed E-state index contributed by atoms with van der Waals surface area (Å²) in [6.07, 6.45) is 5.25. The Kier molecular flexibility index (Phi) is 8.05. The van der Waals surface area contributed by atoms with Crippen LogP contribution >= 0.6 is 0 Å². The first kappa shape index (κ1) is 25.2. The first-order valence-electron chi connectivity index (χ1n) is 12.5. The Labute approximate surface area is 205 Å². The molecule has 190 valence electrons. The molecule has 2 amide bonds. The van der Waals surface area contributed by atoms with E-state index in [-0.39, 0.29) is 29.9 Å². The molecule has 1 saturated carbocycles. The third-order valence-corrected chi connectivity index (χ3v) is 6.73. The lowest BCUT2D eigenvalue weighted by Crippen LogP contribution is -2.45. The Bertz CT molecular complexity index is 1020. The monoisotopic (exact) mass is 486 g/mol. The molecule has 1 aromatic carbocycles. The van der Waals surface area contributed by atoms with Gasteiger partial charge < -0.3 is 19.7 Å². The number of aryl methyl sites for hydroxylation is 1. The highest BCUT2D eigenvalue weighted by atomic mass is 19.1. The van der Waals surface area contributed by atoms with Gasteiger partial charge in [0.05, 0.1) is 30.6 Å². The van der Waals surface area contributed by atoms with E-state index in [4.69, 9.17) is 9.84 Å². The Morgan fingerprint density at radius 3 is 2.66 bits per heavy atom. The van der Waals surface area contributed by atoms with Gasteiger partial charge in [-0.05, 0) is 89.1 Å². The van der Waals surface area contributed by atoms with Gasteiger partial charge in [-0.1, -0.05) is 0 Å². The molecule has 3 atom stereocenters. The summed E-state index contributed by atoms with van der Waals surface area (Å²) in [4.78, 5) is 26.8. The van der Waals surface area contributed by atoms with Gasteiger partial charge in [-0.25, -0.2) is 13.9 Å². The van der Waals surface area contributed by atoms with Crippen LogP contribution < -0.4 is 5.32 Å². The lowest BCUT2D eigenvalue weighted by Gasteiger charge is -2.35. The van der Waals surface area contributed by atoms with Crippen molar-refractivity contribution in [3.05, 3.63) is 47.5 Å². The van der Waals surface area contributed by atoms with Crippen LogP contribution in [0.2, 0.25) is 0 Å². The van der Waals surface area contributed by atoms with Gasteiger partial charge in [0.25, 0.3) is 5.91 Å². The number of halogens is 1. The van der Waals surface area contributed by atoms with Crippen LogP contribution in [0.4, 0.5) is 9.18 Å². The zero-order valence-electron chi connectivity index (χ0n) is 20.7. The molecule has 1 aliphatic heterocycles. The van der Waals surface area contributed by atoms with E-state index in [1.807, 2.05) is 24.8 Å². The van der Waals surface area contributed by atoms with Gasteiger partial charge in [0.2, 0.25) is 0 Å². The van der Waals surface area contributed by atoms with Crippen LogP contribution in [0, 0.1) is 5.82 Å². The summed E-state index contributed by atoms with van der Waals surface area (Å²) < 4.78 is 26.0. The summed E-state index contributed by atoms with van der Waals surface area (Å²) in [5.74, 6) is -0.266.